The van der Waals surface area contributed by atoms with Crippen molar-refractivity contribution in [2.75, 3.05) is 0 Å². The number of amides is 1. The maximum absolute atomic E-state index is 12.8. The third kappa shape index (κ3) is 5.27. The van der Waals surface area contributed by atoms with Crippen LogP contribution in [0.2, 0.25) is 0 Å². The molecule has 3 aromatic carbocycles. The molecule has 0 bridgehead atoms. The summed E-state index contributed by atoms with van der Waals surface area (Å²) in [6.07, 6.45) is 1.09. The normalized spacial score (nSPS) is 14.2. The lowest BCUT2D eigenvalue weighted by atomic mass is 9.98. The fourth-order valence-electron chi connectivity index (χ4n) is 3.41. The van der Waals surface area contributed by atoms with Gasteiger partial charge in [-0.2, -0.15) is 0 Å². The molecule has 3 aromatic rings. The van der Waals surface area contributed by atoms with Crippen LogP contribution in [-0.4, -0.2) is 24.1 Å². The zero-order valence-electron chi connectivity index (χ0n) is 18.0. The molecule has 166 valence electrons. The van der Waals surface area contributed by atoms with Crippen LogP contribution in [-0.2, 0) is 9.59 Å². The van der Waals surface area contributed by atoms with Crippen LogP contribution in [0.15, 0.2) is 72.8 Å². The molecule has 1 N–H and O–H groups in total. The van der Waals surface area contributed by atoms with E-state index in [0.717, 1.165) is 11.1 Å². The topological polar surface area (TPSA) is 90.9 Å². The van der Waals surface area contributed by atoms with Crippen molar-refractivity contribution < 1.29 is 28.6 Å². The lowest BCUT2D eigenvalue weighted by molar-refractivity contribution is -0.132. The molecule has 1 amide bonds. The van der Waals surface area contributed by atoms with Crippen molar-refractivity contribution >= 4 is 29.5 Å². The first-order valence-electron chi connectivity index (χ1n) is 10.2. The average molecular weight is 443 g/mol. The Kier molecular flexibility index (Phi) is 6.22. The Morgan fingerprint density at radius 2 is 1.45 bits per heavy atom. The van der Waals surface area contributed by atoms with Crippen LogP contribution in [0.5, 0.6) is 17.2 Å². The molecule has 0 fully saturated rings. The molecule has 0 radical (unpaired) electrons. The van der Waals surface area contributed by atoms with Gasteiger partial charge >= 0.3 is 11.9 Å². The van der Waals surface area contributed by atoms with Gasteiger partial charge in [0.05, 0.1) is 0 Å². The Morgan fingerprint density at radius 3 is 2.12 bits per heavy atom. The number of benzene rings is 3. The van der Waals surface area contributed by atoms with Gasteiger partial charge in [0.2, 0.25) is 0 Å². The third-order valence-corrected chi connectivity index (χ3v) is 4.83. The fraction of sp³-hybridized carbons (Fsp3) is 0.115. The highest BCUT2D eigenvalue weighted by Gasteiger charge is 2.26. The van der Waals surface area contributed by atoms with Crippen LogP contribution in [0.4, 0.5) is 0 Å². The molecule has 7 heteroatoms. The Balaban J connectivity index is 1.69. The number of carbonyl (C=O) groups excluding carboxylic acids is 3. The quantitative estimate of drug-likeness (QED) is 0.469. The summed E-state index contributed by atoms with van der Waals surface area (Å²) in [5.41, 5.74) is 2.74. The van der Waals surface area contributed by atoms with Crippen LogP contribution in [0.3, 0.4) is 0 Å². The van der Waals surface area contributed by atoms with E-state index in [1.807, 2.05) is 12.1 Å². The van der Waals surface area contributed by atoms with E-state index in [2.05, 4.69) is 5.32 Å². The second-order valence-electron chi connectivity index (χ2n) is 7.35. The summed E-state index contributed by atoms with van der Waals surface area (Å²) in [6.45, 7) is 2.66. The molecule has 1 atom stereocenters. The molecule has 0 saturated heterocycles. The lowest BCUT2D eigenvalue weighted by Gasteiger charge is -2.28. The predicted octanol–water partition coefficient (Wildman–Crippen LogP) is 4.23. The average Bonchev–Trinajstić information content (AvgIpc) is 2.79. The molecule has 33 heavy (non-hydrogen) atoms. The van der Waals surface area contributed by atoms with Gasteiger partial charge in [0, 0.05) is 36.6 Å². The molecule has 1 heterocycles. The van der Waals surface area contributed by atoms with Crippen molar-refractivity contribution in [1.82, 2.24) is 5.32 Å². The molecule has 0 aromatic heterocycles. The van der Waals surface area contributed by atoms with Gasteiger partial charge in [-0.3, -0.25) is 14.4 Å². The fourth-order valence-corrected chi connectivity index (χ4v) is 3.41. The van der Waals surface area contributed by atoms with Crippen molar-refractivity contribution in [2.45, 2.75) is 20.1 Å². The minimum atomic E-state index is -0.808. The highest BCUT2D eigenvalue weighted by molar-refractivity contribution is 5.97. The van der Waals surface area contributed by atoms with Crippen molar-refractivity contribution in [3.05, 3.63) is 89.5 Å². The van der Waals surface area contributed by atoms with E-state index < -0.39 is 18.2 Å². The summed E-state index contributed by atoms with van der Waals surface area (Å²) in [6, 6.07) is 20.8. The minimum Gasteiger partial charge on any atom is -0.466 e. The molecule has 0 spiro atoms. The minimum absolute atomic E-state index is 0.303. The van der Waals surface area contributed by atoms with Gasteiger partial charge in [-0.15, -0.1) is 0 Å². The number of ether oxygens (including phenoxy) is 3. The molecule has 0 aliphatic carbocycles. The van der Waals surface area contributed by atoms with Crippen molar-refractivity contribution in [2.24, 2.45) is 0 Å². The molecular weight excluding hydrogens is 422 g/mol. The molecule has 1 aliphatic heterocycles. The van der Waals surface area contributed by atoms with E-state index in [9.17, 15) is 14.4 Å². The monoisotopic (exact) mass is 443 g/mol. The highest BCUT2D eigenvalue weighted by Crippen LogP contribution is 2.36. The van der Waals surface area contributed by atoms with E-state index in [0.29, 0.717) is 28.4 Å². The Bertz CT molecular complexity index is 1230. The number of fused-ring (bicyclic) bond motifs is 1. The van der Waals surface area contributed by atoms with Crippen molar-refractivity contribution in [1.29, 1.82) is 0 Å². The van der Waals surface area contributed by atoms with E-state index in [4.69, 9.17) is 14.2 Å². The maximum Gasteiger partial charge on any atom is 0.308 e. The maximum atomic E-state index is 12.8. The second kappa shape index (κ2) is 9.40. The first-order valence-corrected chi connectivity index (χ1v) is 10.2. The van der Waals surface area contributed by atoms with Gasteiger partial charge in [-0.05, 0) is 48.0 Å². The van der Waals surface area contributed by atoms with E-state index in [-0.39, 0.29) is 5.91 Å². The molecule has 0 saturated carbocycles. The first-order chi connectivity index (χ1) is 15.9. The number of esters is 2. The van der Waals surface area contributed by atoms with Crippen LogP contribution in [0.1, 0.15) is 35.3 Å². The lowest BCUT2D eigenvalue weighted by Crippen LogP contribution is -2.41. The summed E-state index contributed by atoms with van der Waals surface area (Å²) < 4.78 is 16.4. The van der Waals surface area contributed by atoms with E-state index in [1.54, 1.807) is 66.7 Å². The smallest absolute Gasteiger partial charge is 0.308 e. The number of rotatable bonds is 5. The Hall–Kier alpha value is -4.39. The molecular formula is C26H21NO6. The van der Waals surface area contributed by atoms with Crippen LogP contribution < -0.4 is 19.5 Å². The van der Waals surface area contributed by atoms with Gasteiger partial charge in [0.1, 0.15) is 17.2 Å². The molecule has 4 rings (SSSR count). The summed E-state index contributed by atoms with van der Waals surface area (Å²) >= 11 is 0. The SMILES string of the molecule is CC(=O)Oc1ccc(C2=Cc3ccc(OC(C)=O)cc3OC2NC(=O)c2ccccc2)cc1. The first kappa shape index (κ1) is 21.8. The molecule has 1 aliphatic rings. The van der Waals surface area contributed by atoms with Gasteiger partial charge in [-0.1, -0.05) is 30.3 Å². The van der Waals surface area contributed by atoms with Gasteiger partial charge < -0.3 is 19.5 Å². The Morgan fingerprint density at radius 1 is 0.818 bits per heavy atom. The zero-order chi connectivity index (χ0) is 23.4. The highest BCUT2D eigenvalue weighted by atomic mass is 16.5. The van der Waals surface area contributed by atoms with Crippen LogP contribution in [0, 0.1) is 0 Å². The number of hydrogen-bond donors (Lipinski definition) is 1. The largest absolute Gasteiger partial charge is 0.466 e. The summed E-state index contributed by atoms with van der Waals surface area (Å²) in [5, 5.41) is 2.91. The Labute approximate surface area is 190 Å². The summed E-state index contributed by atoms with van der Waals surface area (Å²) in [4.78, 5) is 35.4. The van der Waals surface area contributed by atoms with E-state index in [1.165, 1.54) is 13.8 Å². The van der Waals surface area contributed by atoms with Gasteiger partial charge in [0.15, 0.2) is 6.23 Å². The van der Waals surface area contributed by atoms with Crippen LogP contribution in [0.25, 0.3) is 11.6 Å². The number of nitrogens with one attached hydrogen (secondary N) is 1. The van der Waals surface area contributed by atoms with Crippen LogP contribution >= 0.6 is 0 Å². The second-order valence-corrected chi connectivity index (χ2v) is 7.35. The third-order valence-electron chi connectivity index (χ3n) is 4.83. The van der Waals surface area contributed by atoms with Gasteiger partial charge in [-0.25, -0.2) is 0 Å². The standard InChI is InChI=1S/C26H21NO6/c1-16(28)31-21-11-8-18(9-12-21)23-14-20-10-13-22(32-17(2)29)15-24(20)33-26(23)27-25(30)19-6-4-3-5-7-19/h3-15,26H,1-2H3,(H,27,30). The molecule has 1 unspecified atom stereocenters. The number of carbonyl (C=O) groups is 3. The zero-order valence-corrected chi connectivity index (χ0v) is 18.0. The molecule has 7 nitrogen and oxygen atoms in total. The van der Waals surface area contributed by atoms with E-state index >= 15 is 0 Å². The van der Waals surface area contributed by atoms with Crippen molar-refractivity contribution in [3.63, 3.8) is 0 Å². The number of hydrogen-bond acceptors (Lipinski definition) is 6. The predicted molar refractivity (Wildman–Crippen MR) is 122 cm³/mol. The van der Waals surface area contributed by atoms with Gasteiger partial charge in [0.25, 0.3) is 5.91 Å². The summed E-state index contributed by atoms with van der Waals surface area (Å²) in [7, 11) is 0. The summed E-state index contributed by atoms with van der Waals surface area (Å²) in [5.74, 6) is 0.0733. The van der Waals surface area contributed by atoms with Crippen molar-refractivity contribution in [3.8, 4) is 17.2 Å².